The van der Waals surface area contributed by atoms with Gasteiger partial charge in [0.2, 0.25) is 0 Å². The van der Waals surface area contributed by atoms with Crippen molar-refractivity contribution < 1.29 is 13.6 Å². The van der Waals surface area contributed by atoms with Crippen molar-refractivity contribution in [3.63, 3.8) is 0 Å². The second-order valence-electron chi connectivity index (χ2n) is 6.07. The molecule has 8 heteroatoms. The first-order chi connectivity index (χ1) is 13.5. The molecule has 2 N–H and O–H groups in total. The van der Waals surface area contributed by atoms with E-state index in [0.717, 1.165) is 11.1 Å². The summed E-state index contributed by atoms with van der Waals surface area (Å²) in [4.78, 5) is 16.5. The predicted molar refractivity (Wildman–Crippen MR) is 111 cm³/mol. The molecule has 3 aromatic rings. The molecule has 1 unspecified atom stereocenters. The second-order valence-corrected chi connectivity index (χ2v) is 7.30. The van der Waals surface area contributed by atoms with Gasteiger partial charge in [-0.2, -0.15) is 0 Å². The number of halogens is 1. The van der Waals surface area contributed by atoms with Crippen LogP contribution in [0.15, 0.2) is 67.0 Å². The smallest absolute Gasteiger partial charge is 0.266 e. The third kappa shape index (κ3) is 4.75. The molecule has 0 saturated heterocycles. The Bertz CT molecular complexity index is 997. The van der Waals surface area contributed by atoms with E-state index < -0.39 is 11.3 Å². The second kappa shape index (κ2) is 8.97. The fourth-order valence-electron chi connectivity index (χ4n) is 2.59. The zero-order valence-corrected chi connectivity index (χ0v) is 16.6. The van der Waals surface area contributed by atoms with Crippen LogP contribution in [0.2, 0.25) is 5.02 Å². The molecule has 6 nitrogen and oxygen atoms in total. The van der Waals surface area contributed by atoms with E-state index in [2.05, 4.69) is 10.3 Å². The van der Waals surface area contributed by atoms with Gasteiger partial charge in [0, 0.05) is 24.5 Å². The summed E-state index contributed by atoms with van der Waals surface area (Å²) in [6, 6.07) is 15.3. The molecule has 1 heterocycles. The minimum Gasteiger partial charge on any atom is -0.348 e. The maximum Gasteiger partial charge on any atom is 0.266 e. The van der Waals surface area contributed by atoms with Gasteiger partial charge >= 0.3 is 0 Å². The predicted octanol–water partition coefficient (Wildman–Crippen LogP) is 4.25. The van der Waals surface area contributed by atoms with Crippen molar-refractivity contribution in [3.8, 4) is 0 Å². The Hall–Kier alpha value is -2.74. The molecule has 1 atom stereocenters. The Morgan fingerprint density at radius 3 is 2.61 bits per heavy atom. The molecular weight excluding hydrogens is 398 g/mol. The highest BCUT2D eigenvalue weighted by Gasteiger charge is 2.20. The van der Waals surface area contributed by atoms with Gasteiger partial charge in [-0.05, 0) is 48.9 Å². The summed E-state index contributed by atoms with van der Waals surface area (Å²) in [5.41, 5.74) is 2.96. The average molecular weight is 416 g/mol. The summed E-state index contributed by atoms with van der Waals surface area (Å²) >= 11 is 3.90. The molecule has 0 saturated carbocycles. The van der Waals surface area contributed by atoms with E-state index in [4.69, 9.17) is 11.6 Å². The highest BCUT2D eigenvalue weighted by molar-refractivity contribution is 7.81. The summed E-state index contributed by atoms with van der Waals surface area (Å²) in [5.74, 6) is -0.325. The Kier molecular flexibility index (Phi) is 6.41. The van der Waals surface area contributed by atoms with Crippen molar-refractivity contribution in [2.75, 3.05) is 4.31 Å². The van der Waals surface area contributed by atoms with Crippen LogP contribution in [0.3, 0.4) is 0 Å². The maximum absolute atomic E-state index is 12.5. The van der Waals surface area contributed by atoms with Gasteiger partial charge in [-0.25, -0.2) is 8.51 Å². The topological polar surface area (TPSA) is 82.5 Å². The lowest BCUT2D eigenvalue weighted by atomic mass is 10.1. The Morgan fingerprint density at radius 1 is 1.21 bits per heavy atom. The first-order valence-electron chi connectivity index (χ1n) is 8.40. The van der Waals surface area contributed by atoms with Crippen molar-refractivity contribution in [1.29, 1.82) is 0 Å². The van der Waals surface area contributed by atoms with Gasteiger partial charge in [-0.15, -0.1) is 0 Å². The quantitative estimate of drug-likeness (QED) is 0.589. The molecule has 1 aromatic heterocycles. The van der Waals surface area contributed by atoms with E-state index >= 15 is 0 Å². The molecular formula is C20H18ClN3O3S. The van der Waals surface area contributed by atoms with E-state index in [9.17, 15) is 13.6 Å². The van der Waals surface area contributed by atoms with E-state index in [-0.39, 0.29) is 16.6 Å². The number of rotatable bonds is 6. The number of hydrogen-bond donors (Lipinski definition) is 2. The highest BCUT2D eigenvalue weighted by atomic mass is 35.5. The van der Waals surface area contributed by atoms with Gasteiger partial charge in [0.05, 0.1) is 16.4 Å². The van der Waals surface area contributed by atoms with Gasteiger partial charge in [-0.1, -0.05) is 35.4 Å². The van der Waals surface area contributed by atoms with Crippen LogP contribution < -0.4 is 9.62 Å². The fourth-order valence-corrected chi connectivity index (χ4v) is 3.46. The molecule has 0 aliphatic carbocycles. The summed E-state index contributed by atoms with van der Waals surface area (Å²) in [5, 5.41) is 3.05. The van der Waals surface area contributed by atoms with Gasteiger partial charge in [0.15, 0.2) is 0 Å². The van der Waals surface area contributed by atoms with Crippen LogP contribution in [-0.2, 0) is 17.8 Å². The number of nitrogens with one attached hydrogen (secondary N) is 1. The largest absolute Gasteiger partial charge is 0.348 e. The van der Waals surface area contributed by atoms with Crippen molar-refractivity contribution in [2.24, 2.45) is 0 Å². The van der Waals surface area contributed by atoms with Crippen LogP contribution >= 0.6 is 11.6 Å². The number of anilines is 2. The Balaban J connectivity index is 1.87. The van der Waals surface area contributed by atoms with Gasteiger partial charge in [0.1, 0.15) is 0 Å². The van der Waals surface area contributed by atoms with Crippen molar-refractivity contribution in [3.05, 3.63) is 88.7 Å². The number of amides is 1. The van der Waals surface area contributed by atoms with Crippen molar-refractivity contribution in [1.82, 2.24) is 10.3 Å². The molecule has 0 aliphatic rings. The standard InChI is InChI=1S/C20H18ClN3O3S/c1-14-4-7-17(8-5-14)24(28(26)27)19-11-16(6-9-18(19)21)20(25)23-13-15-3-2-10-22-12-15/h2-12H,13H2,1H3,(H,23,25)(H,26,27). The Labute approximate surface area is 170 Å². The van der Waals surface area contributed by atoms with E-state index in [1.807, 2.05) is 25.1 Å². The summed E-state index contributed by atoms with van der Waals surface area (Å²) < 4.78 is 23.0. The summed E-state index contributed by atoms with van der Waals surface area (Å²) in [6.45, 7) is 2.24. The molecule has 2 aromatic carbocycles. The number of aryl methyl sites for hydroxylation is 1. The zero-order valence-electron chi connectivity index (χ0n) is 15.0. The third-order valence-corrected chi connectivity index (χ3v) is 5.07. The minimum absolute atomic E-state index is 0.256. The molecule has 144 valence electrons. The van der Waals surface area contributed by atoms with Gasteiger partial charge in [-0.3, -0.25) is 14.3 Å². The number of benzene rings is 2. The van der Waals surface area contributed by atoms with Crippen LogP contribution in [0.25, 0.3) is 0 Å². The molecule has 0 fully saturated rings. The first kappa shape index (κ1) is 20.0. The minimum atomic E-state index is -2.37. The third-order valence-electron chi connectivity index (χ3n) is 4.03. The van der Waals surface area contributed by atoms with Gasteiger partial charge < -0.3 is 5.32 Å². The molecule has 1 amide bonds. The van der Waals surface area contributed by atoms with Crippen LogP contribution in [-0.4, -0.2) is 19.7 Å². The van der Waals surface area contributed by atoms with E-state index in [0.29, 0.717) is 17.8 Å². The molecule has 0 spiro atoms. The lowest BCUT2D eigenvalue weighted by Crippen LogP contribution is -2.24. The van der Waals surface area contributed by atoms with Crippen LogP contribution in [0.4, 0.5) is 11.4 Å². The van der Waals surface area contributed by atoms with Crippen molar-refractivity contribution >= 4 is 40.1 Å². The molecule has 0 aliphatic heterocycles. The SMILES string of the molecule is Cc1ccc(N(c2cc(C(=O)NCc3cccnc3)ccc2Cl)S(=O)O)cc1. The number of carbonyl (C=O) groups is 1. The van der Waals surface area contributed by atoms with E-state index in [1.165, 1.54) is 16.4 Å². The molecule has 0 radical (unpaired) electrons. The number of carbonyl (C=O) groups excluding carboxylic acids is 1. The van der Waals surface area contributed by atoms with E-state index in [1.54, 1.807) is 36.7 Å². The number of nitrogens with zero attached hydrogens (tertiary/aromatic N) is 2. The summed E-state index contributed by atoms with van der Waals surface area (Å²) in [6.07, 6.45) is 3.33. The molecule has 3 rings (SSSR count). The summed E-state index contributed by atoms with van der Waals surface area (Å²) in [7, 11) is 0. The van der Waals surface area contributed by atoms with Crippen LogP contribution in [0, 0.1) is 6.92 Å². The normalized spacial score (nSPS) is 11.7. The Morgan fingerprint density at radius 2 is 1.96 bits per heavy atom. The lowest BCUT2D eigenvalue weighted by molar-refractivity contribution is 0.0951. The van der Waals surface area contributed by atoms with Crippen molar-refractivity contribution in [2.45, 2.75) is 13.5 Å². The monoisotopic (exact) mass is 415 g/mol. The lowest BCUT2D eigenvalue weighted by Gasteiger charge is -2.22. The average Bonchev–Trinajstić information content (AvgIpc) is 2.70. The number of pyridine rings is 1. The van der Waals surface area contributed by atoms with Crippen LogP contribution in [0.5, 0.6) is 0 Å². The fraction of sp³-hybridized carbons (Fsp3) is 0.100. The van der Waals surface area contributed by atoms with Gasteiger partial charge in [0.25, 0.3) is 17.2 Å². The molecule has 0 bridgehead atoms. The van der Waals surface area contributed by atoms with Crippen LogP contribution in [0.1, 0.15) is 21.5 Å². The number of hydrogen-bond acceptors (Lipinski definition) is 3. The number of aromatic nitrogens is 1. The zero-order chi connectivity index (χ0) is 20.1. The molecule has 28 heavy (non-hydrogen) atoms. The maximum atomic E-state index is 12.5. The first-order valence-corrected chi connectivity index (χ1v) is 9.84. The highest BCUT2D eigenvalue weighted by Crippen LogP contribution is 2.34.